The van der Waals surface area contributed by atoms with E-state index in [2.05, 4.69) is 68.0 Å². The first-order chi connectivity index (χ1) is 10.3. The number of imidazole rings is 1. The van der Waals surface area contributed by atoms with E-state index in [9.17, 15) is 0 Å². The summed E-state index contributed by atoms with van der Waals surface area (Å²) >= 11 is 0. The maximum atomic E-state index is 4.68. The van der Waals surface area contributed by atoms with Gasteiger partial charge in [-0.2, -0.15) is 0 Å². The maximum absolute atomic E-state index is 4.68. The Kier molecular flexibility index (Phi) is 2.71. The largest absolute Gasteiger partial charge is 0.296 e. The van der Waals surface area contributed by atoms with Crippen molar-refractivity contribution in [3.8, 4) is 5.69 Å². The molecule has 6 nitrogen and oxygen atoms in total. The number of nitrogens with one attached hydrogen (secondary N) is 1. The van der Waals surface area contributed by atoms with Crippen LogP contribution in [0.25, 0.3) is 5.69 Å². The number of nitrogens with zero attached hydrogens (tertiary/aromatic N) is 5. The number of para-hydroxylation sites is 1. The van der Waals surface area contributed by atoms with Gasteiger partial charge in [0.15, 0.2) is 12.0 Å². The minimum atomic E-state index is -0.000591. The smallest absolute Gasteiger partial charge is 0.171 e. The lowest BCUT2D eigenvalue weighted by Crippen LogP contribution is -2.47. The third-order valence-electron chi connectivity index (χ3n) is 3.84. The zero-order valence-corrected chi connectivity index (χ0v) is 12.1. The number of aromatic nitrogens is 2. The molecule has 0 radical (unpaired) electrons. The molecule has 1 atom stereocenters. The van der Waals surface area contributed by atoms with Crippen LogP contribution in [0, 0.1) is 0 Å². The Hall–Kier alpha value is -2.34. The van der Waals surface area contributed by atoms with Gasteiger partial charge >= 0.3 is 0 Å². The maximum Gasteiger partial charge on any atom is 0.171 e. The lowest BCUT2D eigenvalue weighted by molar-refractivity contribution is 0.334. The standard InChI is InChI=1S/C15H18N6/c1-11(2)17-9-19-10-18-15-12-5-3-4-6-13(12)20-8-16-7-14(20)21(15)19/h3-8,10-11,15,17H,9H2,1-2H3. The Morgan fingerprint density at radius 3 is 3.00 bits per heavy atom. The summed E-state index contributed by atoms with van der Waals surface area (Å²) in [6, 6.07) is 8.78. The minimum Gasteiger partial charge on any atom is -0.296 e. The first-order valence-corrected chi connectivity index (χ1v) is 7.20. The van der Waals surface area contributed by atoms with Crippen molar-refractivity contribution in [1.82, 2.24) is 19.9 Å². The van der Waals surface area contributed by atoms with E-state index < -0.39 is 0 Å². The third-order valence-corrected chi connectivity index (χ3v) is 3.84. The van der Waals surface area contributed by atoms with E-state index in [0.717, 1.165) is 18.2 Å². The van der Waals surface area contributed by atoms with Crippen molar-refractivity contribution in [3.05, 3.63) is 42.4 Å². The molecule has 21 heavy (non-hydrogen) atoms. The molecule has 3 heterocycles. The van der Waals surface area contributed by atoms with Crippen molar-refractivity contribution in [2.45, 2.75) is 26.1 Å². The molecule has 1 N–H and O–H groups in total. The Balaban J connectivity index is 1.75. The van der Waals surface area contributed by atoms with E-state index >= 15 is 0 Å². The number of anilines is 1. The lowest BCUT2D eigenvalue weighted by atomic mass is 10.1. The molecule has 2 aliphatic heterocycles. The van der Waals surface area contributed by atoms with E-state index in [-0.39, 0.29) is 6.17 Å². The zero-order valence-electron chi connectivity index (χ0n) is 12.1. The molecule has 2 aliphatic rings. The average molecular weight is 282 g/mol. The minimum absolute atomic E-state index is 0.000591. The molecule has 108 valence electrons. The molecule has 0 saturated carbocycles. The van der Waals surface area contributed by atoms with E-state index in [1.54, 1.807) is 0 Å². The second kappa shape index (κ2) is 4.60. The highest BCUT2D eigenvalue weighted by molar-refractivity contribution is 5.69. The molecule has 1 aromatic carbocycles. The van der Waals surface area contributed by atoms with Gasteiger partial charge in [-0.05, 0) is 19.9 Å². The quantitative estimate of drug-likeness (QED) is 0.934. The normalized spacial score (nSPS) is 18.9. The fourth-order valence-corrected chi connectivity index (χ4v) is 2.83. The van der Waals surface area contributed by atoms with Gasteiger partial charge in [0.2, 0.25) is 0 Å². The van der Waals surface area contributed by atoms with E-state index in [1.807, 2.05) is 18.9 Å². The number of hydrogen-bond donors (Lipinski definition) is 1. The molecule has 0 fully saturated rings. The Labute approximate surface area is 123 Å². The summed E-state index contributed by atoms with van der Waals surface area (Å²) in [6.45, 7) is 5.01. The molecule has 6 heteroatoms. The van der Waals surface area contributed by atoms with Crippen molar-refractivity contribution < 1.29 is 0 Å². The Morgan fingerprint density at radius 1 is 1.29 bits per heavy atom. The van der Waals surface area contributed by atoms with Gasteiger partial charge < -0.3 is 0 Å². The van der Waals surface area contributed by atoms with Gasteiger partial charge in [-0.1, -0.05) is 18.2 Å². The topological polar surface area (TPSA) is 48.7 Å². The lowest BCUT2D eigenvalue weighted by Gasteiger charge is -2.38. The number of hydrogen-bond acceptors (Lipinski definition) is 5. The fourth-order valence-electron chi connectivity index (χ4n) is 2.83. The van der Waals surface area contributed by atoms with E-state index in [0.29, 0.717) is 6.04 Å². The summed E-state index contributed by atoms with van der Waals surface area (Å²) in [5.41, 5.74) is 2.35. The van der Waals surface area contributed by atoms with Crippen LogP contribution in [0.3, 0.4) is 0 Å². The molecular weight excluding hydrogens is 264 g/mol. The van der Waals surface area contributed by atoms with Gasteiger partial charge in [-0.25, -0.2) is 15.0 Å². The first kappa shape index (κ1) is 12.4. The van der Waals surface area contributed by atoms with Gasteiger partial charge in [0.1, 0.15) is 12.7 Å². The van der Waals surface area contributed by atoms with Gasteiger partial charge in [0, 0.05) is 11.6 Å². The van der Waals surface area contributed by atoms with Crippen molar-refractivity contribution in [1.29, 1.82) is 0 Å². The highest BCUT2D eigenvalue weighted by Gasteiger charge is 2.37. The van der Waals surface area contributed by atoms with Crippen LogP contribution in [0.1, 0.15) is 25.6 Å². The SMILES string of the molecule is CC(C)NCN1C=NC2c3ccccc3-n3cncc3N21. The molecule has 4 rings (SSSR count). The highest BCUT2D eigenvalue weighted by Crippen LogP contribution is 2.41. The molecule has 2 aromatic rings. The van der Waals surface area contributed by atoms with Gasteiger partial charge in [0.25, 0.3) is 0 Å². The molecule has 0 aliphatic carbocycles. The van der Waals surface area contributed by atoms with Crippen molar-refractivity contribution in [3.63, 3.8) is 0 Å². The van der Waals surface area contributed by atoms with Crippen molar-refractivity contribution in [2.24, 2.45) is 4.99 Å². The zero-order chi connectivity index (χ0) is 14.4. The van der Waals surface area contributed by atoms with Crippen LogP contribution in [-0.2, 0) is 0 Å². The molecular formula is C15H18N6. The third kappa shape index (κ3) is 1.83. The van der Waals surface area contributed by atoms with Crippen LogP contribution in [0.5, 0.6) is 0 Å². The molecule has 0 saturated heterocycles. The summed E-state index contributed by atoms with van der Waals surface area (Å²) in [6.07, 6.45) is 5.65. The van der Waals surface area contributed by atoms with Gasteiger partial charge in [0.05, 0.1) is 18.6 Å². The predicted molar refractivity (Wildman–Crippen MR) is 82.3 cm³/mol. The van der Waals surface area contributed by atoms with Gasteiger partial charge in [-0.15, -0.1) is 0 Å². The van der Waals surface area contributed by atoms with Crippen molar-refractivity contribution >= 4 is 12.2 Å². The van der Waals surface area contributed by atoms with Crippen LogP contribution in [-0.4, -0.2) is 33.6 Å². The van der Waals surface area contributed by atoms with Crippen LogP contribution < -0.4 is 10.3 Å². The van der Waals surface area contributed by atoms with Crippen LogP contribution in [0.2, 0.25) is 0 Å². The summed E-state index contributed by atoms with van der Waals surface area (Å²) < 4.78 is 2.11. The summed E-state index contributed by atoms with van der Waals surface area (Å²) in [4.78, 5) is 8.99. The molecule has 0 spiro atoms. The second-order valence-corrected chi connectivity index (χ2v) is 5.62. The summed E-state index contributed by atoms with van der Waals surface area (Å²) in [5.74, 6) is 1.04. The molecule has 0 bridgehead atoms. The summed E-state index contributed by atoms with van der Waals surface area (Å²) in [5, 5.41) is 7.72. The second-order valence-electron chi connectivity index (χ2n) is 5.62. The molecule has 0 amide bonds. The molecule has 1 aromatic heterocycles. The fraction of sp³-hybridized carbons (Fsp3) is 0.333. The number of fused-ring (bicyclic) bond motifs is 6. The van der Waals surface area contributed by atoms with Gasteiger partial charge in [-0.3, -0.25) is 14.9 Å². The molecule has 1 unspecified atom stereocenters. The van der Waals surface area contributed by atoms with Crippen molar-refractivity contribution in [2.75, 3.05) is 11.7 Å². The number of aliphatic imine (C=N–C) groups is 1. The summed E-state index contributed by atoms with van der Waals surface area (Å²) in [7, 11) is 0. The van der Waals surface area contributed by atoms with E-state index in [1.165, 1.54) is 5.56 Å². The highest BCUT2D eigenvalue weighted by atomic mass is 15.7. The first-order valence-electron chi connectivity index (χ1n) is 7.20. The number of hydrazine groups is 1. The van der Waals surface area contributed by atoms with Crippen LogP contribution in [0.4, 0.5) is 5.82 Å². The predicted octanol–water partition coefficient (Wildman–Crippen LogP) is 1.91. The number of benzene rings is 1. The average Bonchev–Trinajstić information content (AvgIpc) is 3.12. The Bertz CT molecular complexity index is 689. The van der Waals surface area contributed by atoms with Crippen LogP contribution >= 0.6 is 0 Å². The van der Waals surface area contributed by atoms with Crippen LogP contribution in [0.15, 0.2) is 41.8 Å². The van der Waals surface area contributed by atoms with E-state index in [4.69, 9.17) is 0 Å². The number of rotatable bonds is 3. The Morgan fingerprint density at radius 2 is 2.14 bits per heavy atom. The monoisotopic (exact) mass is 282 g/mol.